The van der Waals surface area contributed by atoms with Crippen molar-refractivity contribution in [3.63, 3.8) is 0 Å². The maximum absolute atomic E-state index is 15.4. The molecule has 0 radical (unpaired) electrons. The van der Waals surface area contributed by atoms with E-state index >= 15 is 4.39 Å². The maximum Gasteiger partial charge on any atom is 0.346 e. The zero-order valence-electron chi connectivity index (χ0n) is 13.0. The molecule has 1 amide bonds. The van der Waals surface area contributed by atoms with E-state index in [1.807, 2.05) is 0 Å². The number of hydrogen-bond donors (Lipinski definition) is 0. The number of rotatable bonds is 3. The van der Waals surface area contributed by atoms with Crippen molar-refractivity contribution in [3.8, 4) is 0 Å². The summed E-state index contributed by atoms with van der Waals surface area (Å²) in [6.07, 6.45) is 1.60. The van der Waals surface area contributed by atoms with Gasteiger partial charge in [-0.25, -0.2) is 9.18 Å². The molecular formula is C15H18ClFN2O4. The van der Waals surface area contributed by atoms with E-state index in [1.165, 1.54) is 11.0 Å². The number of carbonyl (C=O) groups excluding carboxylic acids is 2. The van der Waals surface area contributed by atoms with Gasteiger partial charge in [-0.3, -0.25) is 4.79 Å². The molecule has 0 aromatic carbocycles. The number of aryl methyl sites for hydroxylation is 1. The Bertz CT molecular complexity index is 658. The predicted molar refractivity (Wildman–Crippen MR) is 80.1 cm³/mol. The van der Waals surface area contributed by atoms with Gasteiger partial charge in [0.2, 0.25) is 5.67 Å². The molecule has 2 aliphatic rings. The summed E-state index contributed by atoms with van der Waals surface area (Å²) in [6, 6.07) is 1.52. The van der Waals surface area contributed by atoms with Gasteiger partial charge >= 0.3 is 5.97 Å². The number of nitrogens with zero attached hydrogens (tertiary/aromatic N) is 2. The molecule has 0 N–H and O–H groups in total. The number of ether oxygens (including phenoxy) is 2. The Morgan fingerprint density at radius 3 is 2.61 bits per heavy atom. The van der Waals surface area contributed by atoms with Crippen LogP contribution in [0.2, 0.25) is 5.02 Å². The molecule has 1 atom stereocenters. The Balaban J connectivity index is 1.88. The van der Waals surface area contributed by atoms with Crippen molar-refractivity contribution in [2.45, 2.75) is 12.6 Å². The van der Waals surface area contributed by atoms with Gasteiger partial charge in [0.15, 0.2) is 0 Å². The quantitative estimate of drug-likeness (QED) is 0.778. The summed E-state index contributed by atoms with van der Waals surface area (Å²) in [5.74, 6) is -1.29. The van der Waals surface area contributed by atoms with Crippen molar-refractivity contribution in [1.29, 1.82) is 0 Å². The molecule has 2 fully saturated rings. The molecule has 2 saturated heterocycles. The third kappa shape index (κ3) is 2.33. The van der Waals surface area contributed by atoms with Crippen LogP contribution < -0.4 is 0 Å². The first-order valence-electron chi connectivity index (χ1n) is 7.38. The van der Waals surface area contributed by atoms with Crippen LogP contribution in [0.25, 0.3) is 0 Å². The van der Waals surface area contributed by atoms with Gasteiger partial charge in [-0.15, -0.1) is 0 Å². The fraction of sp³-hybridized carbons (Fsp3) is 0.600. The molecular weight excluding hydrogens is 327 g/mol. The first-order chi connectivity index (χ1) is 10.8. The summed E-state index contributed by atoms with van der Waals surface area (Å²) in [5.41, 5.74) is -2.92. The van der Waals surface area contributed by atoms with Crippen molar-refractivity contribution in [2.75, 3.05) is 32.9 Å². The van der Waals surface area contributed by atoms with Crippen LogP contribution in [-0.4, -0.2) is 59.9 Å². The lowest BCUT2D eigenvalue weighted by atomic mass is 9.74. The SMILES string of the molecule is CCOC(=O)[C@]1(F)CN(C(=O)c2cc(Cl)cn2C)CC12COC2. The molecule has 23 heavy (non-hydrogen) atoms. The van der Waals surface area contributed by atoms with Crippen LogP contribution >= 0.6 is 11.6 Å². The van der Waals surface area contributed by atoms with E-state index in [0.29, 0.717) is 10.7 Å². The van der Waals surface area contributed by atoms with Gasteiger partial charge in [0.05, 0.1) is 36.8 Å². The van der Waals surface area contributed by atoms with Crippen LogP contribution in [0.15, 0.2) is 12.3 Å². The third-order valence-electron chi connectivity index (χ3n) is 4.58. The zero-order valence-corrected chi connectivity index (χ0v) is 13.7. The van der Waals surface area contributed by atoms with Crippen molar-refractivity contribution >= 4 is 23.5 Å². The number of amides is 1. The molecule has 126 valence electrons. The van der Waals surface area contributed by atoms with Gasteiger partial charge in [0.1, 0.15) is 5.69 Å². The smallest absolute Gasteiger partial charge is 0.346 e. The highest BCUT2D eigenvalue weighted by Gasteiger charge is 2.68. The Morgan fingerprint density at radius 2 is 2.13 bits per heavy atom. The molecule has 6 nitrogen and oxygen atoms in total. The van der Waals surface area contributed by atoms with Gasteiger partial charge in [-0.1, -0.05) is 11.6 Å². The molecule has 0 saturated carbocycles. The lowest BCUT2D eigenvalue weighted by Gasteiger charge is -2.43. The second-order valence-corrected chi connectivity index (χ2v) is 6.55. The van der Waals surface area contributed by atoms with Crippen LogP contribution in [0.5, 0.6) is 0 Å². The number of halogens is 2. The van der Waals surface area contributed by atoms with E-state index in [2.05, 4.69) is 0 Å². The molecule has 1 aromatic heterocycles. The van der Waals surface area contributed by atoms with Crippen molar-refractivity contribution in [2.24, 2.45) is 12.5 Å². The number of esters is 1. The van der Waals surface area contributed by atoms with Crippen LogP contribution in [0.1, 0.15) is 17.4 Å². The molecule has 1 aromatic rings. The van der Waals surface area contributed by atoms with Crippen molar-refractivity contribution in [3.05, 3.63) is 23.0 Å². The summed E-state index contributed by atoms with van der Waals surface area (Å²) >= 11 is 5.90. The zero-order chi connectivity index (χ0) is 16.8. The minimum Gasteiger partial charge on any atom is -0.464 e. The highest BCUT2D eigenvalue weighted by atomic mass is 35.5. The monoisotopic (exact) mass is 344 g/mol. The fourth-order valence-electron chi connectivity index (χ4n) is 3.21. The van der Waals surface area contributed by atoms with E-state index in [1.54, 1.807) is 24.7 Å². The Labute approximate surface area is 138 Å². The molecule has 0 bridgehead atoms. The van der Waals surface area contributed by atoms with Gasteiger partial charge in [0, 0.05) is 19.8 Å². The normalized spacial score (nSPS) is 25.5. The maximum atomic E-state index is 15.4. The Kier molecular flexibility index (Phi) is 3.88. The number of hydrogen-bond acceptors (Lipinski definition) is 4. The van der Waals surface area contributed by atoms with Gasteiger partial charge in [0.25, 0.3) is 5.91 Å². The van der Waals surface area contributed by atoms with E-state index in [-0.39, 0.29) is 38.8 Å². The van der Waals surface area contributed by atoms with Gasteiger partial charge in [-0.05, 0) is 13.0 Å². The minimum atomic E-state index is -2.24. The second-order valence-electron chi connectivity index (χ2n) is 6.11. The highest BCUT2D eigenvalue weighted by molar-refractivity contribution is 6.31. The lowest BCUT2D eigenvalue weighted by Crippen LogP contribution is -2.61. The molecule has 1 spiro atoms. The summed E-state index contributed by atoms with van der Waals surface area (Å²) in [6.45, 7) is 1.68. The van der Waals surface area contributed by atoms with E-state index < -0.39 is 17.1 Å². The number of likely N-dealkylation sites (tertiary alicyclic amines) is 1. The highest BCUT2D eigenvalue weighted by Crippen LogP contribution is 2.48. The van der Waals surface area contributed by atoms with Crippen LogP contribution in [0, 0.1) is 5.41 Å². The average molecular weight is 345 g/mol. The Hall–Kier alpha value is -1.60. The van der Waals surface area contributed by atoms with E-state index in [9.17, 15) is 9.59 Å². The van der Waals surface area contributed by atoms with E-state index in [4.69, 9.17) is 21.1 Å². The molecule has 8 heteroatoms. The molecule has 3 rings (SSSR count). The van der Waals surface area contributed by atoms with Crippen molar-refractivity contribution < 1.29 is 23.5 Å². The van der Waals surface area contributed by atoms with Crippen LogP contribution in [0.4, 0.5) is 4.39 Å². The fourth-order valence-corrected chi connectivity index (χ4v) is 3.46. The summed E-state index contributed by atoms with van der Waals surface area (Å²) in [7, 11) is 1.69. The minimum absolute atomic E-state index is 0.0861. The summed E-state index contributed by atoms with van der Waals surface area (Å²) in [4.78, 5) is 26.1. The molecule has 2 aliphatic heterocycles. The second kappa shape index (κ2) is 5.49. The largest absolute Gasteiger partial charge is 0.464 e. The van der Waals surface area contributed by atoms with Crippen LogP contribution in [-0.2, 0) is 21.3 Å². The summed E-state index contributed by atoms with van der Waals surface area (Å²) in [5, 5.41) is 0.425. The third-order valence-corrected chi connectivity index (χ3v) is 4.78. The topological polar surface area (TPSA) is 60.8 Å². The average Bonchev–Trinajstić information content (AvgIpc) is 2.96. The number of carbonyl (C=O) groups is 2. The van der Waals surface area contributed by atoms with Gasteiger partial charge < -0.3 is 18.9 Å². The lowest BCUT2D eigenvalue weighted by molar-refractivity contribution is -0.196. The standard InChI is InChI=1S/C15H18ClFN2O4/c1-3-23-13(21)15(17)7-19(6-14(15)8-22-9-14)12(20)11-4-10(16)5-18(11)2/h4-5H,3,6-9H2,1-2H3/t15-/m1/s1. The summed E-state index contributed by atoms with van der Waals surface area (Å²) < 4.78 is 27.0. The predicted octanol–water partition coefficient (Wildman–Crippen LogP) is 1.42. The first kappa shape index (κ1) is 16.3. The molecule has 3 heterocycles. The Morgan fingerprint density at radius 1 is 1.43 bits per heavy atom. The van der Waals surface area contributed by atoms with Crippen molar-refractivity contribution in [1.82, 2.24) is 9.47 Å². The number of alkyl halides is 1. The van der Waals surface area contributed by atoms with Gasteiger partial charge in [-0.2, -0.15) is 0 Å². The van der Waals surface area contributed by atoms with Crippen LogP contribution in [0.3, 0.4) is 0 Å². The first-order valence-corrected chi connectivity index (χ1v) is 7.76. The number of aromatic nitrogens is 1. The van der Waals surface area contributed by atoms with E-state index in [0.717, 1.165) is 0 Å². The molecule has 0 unspecified atom stereocenters. The molecule has 0 aliphatic carbocycles.